The van der Waals surface area contributed by atoms with Crippen LogP contribution in [0.2, 0.25) is 0 Å². The van der Waals surface area contributed by atoms with Gasteiger partial charge in [-0.1, -0.05) is 91.0 Å². The van der Waals surface area contributed by atoms with Crippen molar-refractivity contribution in [3.8, 4) is 33.4 Å². The Morgan fingerprint density at radius 3 is 2.12 bits per heavy atom. The molecule has 0 fully saturated rings. The maximum absolute atomic E-state index is 3.73. The summed E-state index contributed by atoms with van der Waals surface area (Å²) in [5.41, 5.74) is 11.6. The van der Waals surface area contributed by atoms with Gasteiger partial charge in [0.25, 0.3) is 0 Å². The molecule has 0 saturated carbocycles. The predicted molar refractivity (Wildman–Crippen MR) is 135 cm³/mol. The zero-order valence-corrected chi connectivity index (χ0v) is 17.8. The van der Waals surface area contributed by atoms with Crippen LogP contribution < -0.4 is 10.2 Å². The predicted octanol–water partition coefficient (Wildman–Crippen LogP) is 7.71. The van der Waals surface area contributed by atoms with Gasteiger partial charge in [0.2, 0.25) is 0 Å². The molecule has 152 valence electrons. The van der Waals surface area contributed by atoms with E-state index >= 15 is 0 Å². The van der Waals surface area contributed by atoms with Crippen LogP contribution in [0.4, 0.5) is 11.4 Å². The van der Waals surface area contributed by atoms with Gasteiger partial charge in [-0.25, -0.2) is 0 Å². The molecule has 0 spiro atoms. The Bertz CT molecular complexity index is 1490. The molecule has 5 aromatic rings. The first-order valence-electron chi connectivity index (χ1n) is 11.1. The van der Waals surface area contributed by atoms with Gasteiger partial charge in [-0.15, -0.1) is 0 Å². The maximum atomic E-state index is 3.73. The first kappa shape index (κ1) is 17.6. The number of anilines is 2. The van der Waals surface area contributed by atoms with Gasteiger partial charge in [0.15, 0.2) is 0 Å². The lowest BCUT2D eigenvalue weighted by atomic mass is 9.94. The fourth-order valence-corrected chi connectivity index (χ4v) is 5.51. The van der Waals surface area contributed by atoms with Crippen LogP contribution in [0.1, 0.15) is 11.7 Å². The summed E-state index contributed by atoms with van der Waals surface area (Å²) >= 11 is 0. The topological polar surface area (TPSA) is 15.3 Å². The summed E-state index contributed by atoms with van der Waals surface area (Å²) in [5.74, 6) is 0. The van der Waals surface area contributed by atoms with Crippen molar-refractivity contribution in [2.45, 2.75) is 6.17 Å². The Morgan fingerprint density at radius 1 is 0.625 bits per heavy atom. The first-order chi connectivity index (χ1) is 15.8. The van der Waals surface area contributed by atoms with Crippen LogP contribution in [0.15, 0.2) is 103 Å². The maximum Gasteiger partial charge on any atom is 0.125 e. The van der Waals surface area contributed by atoms with Crippen molar-refractivity contribution in [3.63, 3.8) is 0 Å². The summed E-state index contributed by atoms with van der Waals surface area (Å²) < 4.78 is 0. The second-order valence-electron chi connectivity index (χ2n) is 8.73. The minimum atomic E-state index is 0.156. The lowest BCUT2D eigenvalue weighted by Gasteiger charge is -2.22. The molecule has 0 aromatic heterocycles. The van der Waals surface area contributed by atoms with E-state index in [1.165, 1.54) is 61.1 Å². The Morgan fingerprint density at radius 2 is 1.31 bits per heavy atom. The quantitative estimate of drug-likeness (QED) is 0.314. The highest BCUT2D eigenvalue weighted by Gasteiger charge is 2.28. The van der Waals surface area contributed by atoms with Gasteiger partial charge in [-0.2, -0.15) is 0 Å². The molecule has 1 aliphatic heterocycles. The summed E-state index contributed by atoms with van der Waals surface area (Å²) in [4.78, 5) is 2.32. The zero-order valence-electron chi connectivity index (χ0n) is 17.8. The highest BCUT2D eigenvalue weighted by atomic mass is 15.3. The third-order valence-electron chi connectivity index (χ3n) is 7.03. The van der Waals surface area contributed by atoms with Crippen LogP contribution in [0.5, 0.6) is 0 Å². The molecule has 0 saturated heterocycles. The Labute approximate surface area is 187 Å². The summed E-state index contributed by atoms with van der Waals surface area (Å²) in [6.45, 7) is 0. The molecule has 2 nitrogen and oxygen atoms in total. The SMILES string of the molecule is CN1c2ccc(-c3ccc4c5c(cccc35)-c3ccccc3-4)cc2NC1c1ccccc1. The van der Waals surface area contributed by atoms with Crippen LogP contribution in [0.25, 0.3) is 44.2 Å². The van der Waals surface area contributed by atoms with Crippen molar-refractivity contribution in [3.05, 3.63) is 109 Å². The minimum Gasteiger partial charge on any atom is -0.360 e. The van der Waals surface area contributed by atoms with E-state index in [1.54, 1.807) is 0 Å². The molecule has 1 atom stereocenters. The molecular formula is C30H22N2. The summed E-state index contributed by atoms with van der Waals surface area (Å²) in [6.07, 6.45) is 0.156. The van der Waals surface area contributed by atoms with E-state index in [1.807, 2.05) is 0 Å². The summed E-state index contributed by atoms with van der Waals surface area (Å²) in [7, 11) is 2.16. The van der Waals surface area contributed by atoms with Crippen LogP contribution in [0.3, 0.4) is 0 Å². The van der Waals surface area contributed by atoms with E-state index in [4.69, 9.17) is 0 Å². The Hall–Kier alpha value is -4.04. The third kappa shape index (κ3) is 2.35. The highest BCUT2D eigenvalue weighted by molar-refractivity contribution is 6.18. The van der Waals surface area contributed by atoms with Crippen molar-refractivity contribution in [2.24, 2.45) is 0 Å². The van der Waals surface area contributed by atoms with Gasteiger partial charge in [0.1, 0.15) is 6.17 Å². The number of nitrogens with zero attached hydrogens (tertiary/aromatic N) is 1. The van der Waals surface area contributed by atoms with Crippen LogP contribution in [0, 0.1) is 0 Å². The second-order valence-corrected chi connectivity index (χ2v) is 8.73. The molecule has 2 aliphatic rings. The van der Waals surface area contributed by atoms with E-state index in [2.05, 4.69) is 120 Å². The van der Waals surface area contributed by atoms with Gasteiger partial charge in [0, 0.05) is 7.05 Å². The van der Waals surface area contributed by atoms with Gasteiger partial charge in [-0.3, -0.25) is 0 Å². The van der Waals surface area contributed by atoms with E-state index in [-0.39, 0.29) is 6.17 Å². The van der Waals surface area contributed by atoms with Crippen molar-refractivity contribution < 1.29 is 0 Å². The second kappa shape index (κ2) is 6.48. The van der Waals surface area contributed by atoms with Crippen LogP contribution in [-0.2, 0) is 0 Å². The molecule has 5 aromatic carbocycles. The van der Waals surface area contributed by atoms with Crippen molar-refractivity contribution in [1.29, 1.82) is 0 Å². The lowest BCUT2D eigenvalue weighted by Crippen LogP contribution is -2.23. The van der Waals surface area contributed by atoms with Crippen LogP contribution in [-0.4, -0.2) is 7.05 Å². The Balaban J connectivity index is 1.36. The van der Waals surface area contributed by atoms with E-state index in [0.29, 0.717) is 0 Å². The highest BCUT2D eigenvalue weighted by Crippen LogP contribution is 2.50. The number of rotatable bonds is 2. The molecule has 1 aliphatic carbocycles. The minimum absolute atomic E-state index is 0.156. The molecule has 1 unspecified atom stereocenters. The number of hydrogen-bond donors (Lipinski definition) is 1. The molecule has 0 amide bonds. The zero-order chi connectivity index (χ0) is 21.2. The molecule has 32 heavy (non-hydrogen) atoms. The Kier molecular flexibility index (Phi) is 3.57. The number of nitrogens with one attached hydrogen (secondary N) is 1. The fraction of sp³-hybridized carbons (Fsp3) is 0.0667. The molecular weight excluding hydrogens is 388 g/mol. The van der Waals surface area contributed by atoms with Crippen LogP contribution >= 0.6 is 0 Å². The largest absolute Gasteiger partial charge is 0.360 e. The van der Waals surface area contributed by atoms with E-state index in [0.717, 1.165) is 0 Å². The smallest absolute Gasteiger partial charge is 0.125 e. The van der Waals surface area contributed by atoms with Crippen molar-refractivity contribution >= 4 is 22.1 Å². The summed E-state index contributed by atoms with van der Waals surface area (Å²) in [5, 5.41) is 6.43. The third-order valence-corrected chi connectivity index (χ3v) is 7.03. The molecule has 1 heterocycles. The van der Waals surface area contributed by atoms with Gasteiger partial charge in [0.05, 0.1) is 11.4 Å². The number of benzene rings is 5. The molecule has 1 N–H and O–H groups in total. The van der Waals surface area contributed by atoms with Gasteiger partial charge in [-0.05, 0) is 61.8 Å². The normalized spacial score (nSPS) is 15.5. The monoisotopic (exact) mass is 410 g/mol. The van der Waals surface area contributed by atoms with Crippen molar-refractivity contribution in [2.75, 3.05) is 17.3 Å². The molecule has 7 rings (SSSR count). The van der Waals surface area contributed by atoms with E-state index in [9.17, 15) is 0 Å². The number of fused-ring (bicyclic) bond motifs is 4. The van der Waals surface area contributed by atoms with Crippen molar-refractivity contribution in [1.82, 2.24) is 0 Å². The standard InChI is InChI=1S/C30H22N2/c1-32-28-17-14-20(18-27(28)31-30(32)19-8-3-2-4-9-19)21-15-16-26-23-11-6-5-10-22(23)25-13-7-12-24(21)29(25)26/h2-18,30-31H,1H3. The lowest BCUT2D eigenvalue weighted by molar-refractivity contribution is 0.792. The van der Waals surface area contributed by atoms with E-state index < -0.39 is 0 Å². The molecule has 0 bridgehead atoms. The molecule has 0 radical (unpaired) electrons. The first-order valence-corrected chi connectivity index (χ1v) is 11.1. The average molecular weight is 411 g/mol. The molecule has 2 heteroatoms. The number of hydrogen-bond acceptors (Lipinski definition) is 2. The summed E-state index contributed by atoms with van der Waals surface area (Å²) in [6, 6.07) is 37.5. The fourth-order valence-electron chi connectivity index (χ4n) is 5.51. The van der Waals surface area contributed by atoms with Gasteiger partial charge >= 0.3 is 0 Å². The average Bonchev–Trinajstić information content (AvgIpc) is 3.36. The van der Waals surface area contributed by atoms with Gasteiger partial charge < -0.3 is 10.2 Å².